The minimum atomic E-state index is -0.106. The number of hydrogen-bond acceptors (Lipinski definition) is 4. The number of carbonyl (C=O) groups is 1. The molecule has 2 heterocycles. The molecule has 4 nitrogen and oxygen atoms in total. The van der Waals surface area contributed by atoms with E-state index in [9.17, 15) is 4.79 Å². The van der Waals surface area contributed by atoms with Crippen molar-refractivity contribution < 1.29 is 13.9 Å². The van der Waals surface area contributed by atoms with Crippen LogP contribution in [0.2, 0.25) is 5.02 Å². The van der Waals surface area contributed by atoms with Crippen molar-refractivity contribution in [3.05, 3.63) is 82.5 Å². The summed E-state index contributed by atoms with van der Waals surface area (Å²) in [7, 11) is 0. The Morgan fingerprint density at radius 3 is 2.71 bits per heavy atom. The number of Topliss-reactive ketones (excluding diaryl/α,β-unsaturated/α-hetero) is 1. The first kappa shape index (κ1) is 16.3. The van der Waals surface area contributed by atoms with Gasteiger partial charge in [0.2, 0.25) is 5.78 Å². The third-order valence-corrected chi connectivity index (χ3v) is 3.70. The number of aromatic nitrogens is 1. The zero-order valence-electron chi connectivity index (χ0n) is 13.2. The first-order valence-corrected chi connectivity index (χ1v) is 7.90. The Hall–Kier alpha value is -2.59. The van der Waals surface area contributed by atoms with Crippen LogP contribution in [-0.2, 0) is 13.0 Å². The Labute approximate surface area is 145 Å². The number of halogens is 1. The Kier molecular flexibility index (Phi) is 4.96. The number of pyridine rings is 1. The molecule has 0 spiro atoms. The number of rotatable bonds is 6. The number of carbonyl (C=O) groups excluding carboxylic acids is 1. The highest BCUT2D eigenvalue weighted by molar-refractivity contribution is 6.30. The van der Waals surface area contributed by atoms with Crippen molar-refractivity contribution in [3.63, 3.8) is 0 Å². The molecule has 0 aliphatic rings. The van der Waals surface area contributed by atoms with Gasteiger partial charge in [0.1, 0.15) is 18.1 Å². The molecule has 0 aliphatic carbocycles. The maximum absolute atomic E-state index is 12.3. The average Bonchev–Trinajstić information content (AvgIpc) is 3.03. The van der Waals surface area contributed by atoms with Crippen molar-refractivity contribution in [1.29, 1.82) is 0 Å². The molecule has 2 aromatic heterocycles. The Morgan fingerprint density at radius 2 is 1.96 bits per heavy atom. The van der Waals surface area contributed by atoms with E-state index >= 15 is 0 Å². The summed E-state index contributed by atoms with van der Waals surface area (Å²) in [6.45, 7) is 2.21. The lowest BCUT2D eigenvalue weighted by Gasteiger charge is -2.04. The molecule has 24 heavy (non-hydrogen) atoms. The third kappa shape index (κ3) is 4.24. The Balaban J connectivity index is 1.60. The van der Waals surface area contributed by atoms with E-state index in [1.54, 1.807) is 42.6 Å². The van der Waals surface area contributed by atoms with Crippen molar-refractivity contribution in [2.75, 3.05) is 0 Å². The number of aryl methyl sites for hydroxylation is 1. The second-order valence-electron chi connectivity index (χ2n) is 5.43. The second-order valence-corrected chi connectivity index (χ2v) is 5.87. The second kappa shape index (κ2) is 7.32. The van der Waals surface area contributed by atoms with Crippen molar-refractivity contribution in [3.8, 4) is 5.75 Å². The van der Waals surface area contributed by atoms with Gasteiger partial charge in [-0.05, 0) is 61.0 Å². The third-order valence-electron chi connectivity index (χ3n) is 3.44. The monoisotopic (exact) mass is 341 g/mol. The van der Waals surface area contributed by atoms with E-state index in [2.05, 4.69) is 4.98 Å². The smallest absolute Gasteiger partial charge is 0.203 e. The molecule has 0 radical (unpaired) electrons. The van der Waals surface area contributed by atoms with E-state index < -0.39 is 0 Å². The van der Waals surface area contributed by atoms with Crippen LogP contribution in [0.15, 0.2) is 59.1 Å². The lowest BCUT2D eigenvalue weighted by molar-refractivity contribution is 0.0961. The van der Waals surface area contributed by atoms with Gasteiger partial charge in [0.25, 0.3) is 0 Å². The number of nitrogens with zero attached hydrogens (tertiary/aromatic N) is 1. The maximum Gasteiger partial charge on any atom is 0.203 e. The van der Waals surface area contributed by atoms with Crippen molar-refractivity contribution in [2.45, 2.75) is 20.0 Å². The number of furan rings is 1. The first-order valence-electron chi connectivity index (χ1n) is 7.52. The Bertz CT molecular complexity index is 840. The van der Waals surface area contributed by atoms with E-state index in [-0.39, 0.29) is 18.8 Å². The molecule has 1 aromatic carbocycles. The van der Waals surface area contributed by atoms with Gasteiger partial charge in [-0.15, -0.1) is 0 Å². The van der Waals surface area contributed by atoms with Crippen LogP contribution in [0, 0.1) is 6.92 Å². The Morgan fingerprint density at radius 1 is 1.17 bits per heavy atom. The molecular formula is C19H16ClNO3. The van der Waals surface area contributed by atoms with Gasteiger partial charge in [-0.3, -0.25) is 9.78 Å². The summed E-state index contributed by atoms with van der Waals surface area (Å²) in [4.78, 5) is 16.5. The van der Waals surface area contributed by atoms with E-state index in [1.807, 2.05) is 19.1 Å². The van der Waals surface area contributed by atoms with Gasteiger partial charge in [0.15, 0.2) is 5.76 Å². The van der Waals surface area contributed by atoms with Crippen molar-refractivity contribution in [2.24, 2.45) is 0 Å². The van der Waals surface area contributed by atoms with Crippen molar-refractivity contribution in [1.82, 2.24) is 4.98 Å². The molecule has 0 fully saturated rings. The summed E-state index contributed by atoms with van der Waals surface area (Å²) in [6.07, 6.45) is 1.91. The highest BCUT2D eigenvalue weighted by Gasteiger charge is 2.13. The molecule has 0 saturated carbocycles. The average molecular weight is 342 g/mol. The summed E-state index contributed by atoms with van der Waals surface area (Å²) in [5.74, 6) is 1.48. The molecule has 0 unspecified atom stereocenters. The molecule has 3 rings (SSSR count). The van der Waals surface area contributed by atoms with Crippen LogP contribution in [0.5, 0.6) is 5.75 Å². The zero-order valence-corrected chi connectivity index (χ0v) is 13.9. The minimum absolute atomic E-state index is 0.106. The molecule has 0 saturated heterocycles. The van der Waals surface area contributed by atoms with Gasteiger partial charge in [-0.1, -0.05) is 11.6 Å². The molecule has 3 aromatic rings. The van der Waals surface area contributed by atoms with Crippen LogP contribution in [0.25, 0.3) is 0 Å². The molecule has 5 heteroatoms. The lowest BCUT2D eigenvalue weighted by atomic mass is 10.1. The van der Waals surface area contributed by atoms with Gasteiger partial charge in [0, 0.05) is 16.9 Å². The molecule has 0 atom stereocenters. The van der Waals surface area contributed by atoms with E-state index in [0.29, 0.717) is 22.3 Å². The summed E-state index contributed by atoms with van der Waals surface area (Å²) in [5.41, 5.74) is 1.81. The van der Waals surface area contributed by atoms with Gasteiger partial charge in [0.05, 0.1) is 6.42 Å². The fourth-order valence-electron chi connectivity index (χ4n) is 2.24. The summed E-state index contributed by atoms with van der Waals surface area (Å²) in [5, 5.41) is 0.651. The van der Waals surface area contributed by atoms with Gasteiger partial charge in [-0.25, -0.2) is 0 Å². The molecule has 0 aliphatic heterocycles. The standard InChI is InChI=1S/C19H16ClNO3/c1-13-8-9-21-15(10-13)11-18(22)19-7-6-17(24-19)12-23-16-4-2-14(20)3-5-16/h2-10H,11-12H2,1H3. The summed E-state index contributed by atoms with van der Waals surface area (Å²) >= 11 is 5.83. The fourth-order valence-corrected chi connectivity index (χ4v) is 2.36. The quantitative estimate of drug-likeness (QED) is 0.613. The maximum atomic E-state index is 12.3. The van der Waals surface area contributed by atoms with Crippen LogP contribution in [0.4, 0.5) is 0 Å². The number of benzene rings is 1. The van der Waals surface area contributed by atoms with Crippen LogP contribution >= 0.6 is 11.6 Å². The predicted octanol–water partition coefficient (Wildman–Crippen LogP) is 4.64. The molecule has 122 valence electrons. The van der Waals surface area contributed by atoms with Gasteiger partial charge in [-0.2, -0.15) is 0 Å². The molecule has 0 bridgehead atoms. The minimum Gasteiger partial charge on any atom is -0.486 e. The summed E-state index contributed by atoms with van der Waals surface area (Å²) in [6, 6.07) is 14.3. The fraction of sp³-hybridized carbons (Fsp3) is 0.158. The van der Waals surface area contributed by atoms with Crippen LogP contribution in [-0.4, -0.2) is 10.8 Å². The topological polar surface area (TPSA) is 52.3 Å². The zero-order chi connectivity index (χ0) is 16.9. The number of ether oxygens (including phenoxy) is 1. The van der Waals surface area contributed by atoms with Crippen LogP contribution in [0.1, 0.15) is 27.6 Å². The molecule has 0 amide bonds. The first-order chi connectivity index (χ1) is 11.6. The molecular weight excluding hydrogens is 326 g/mol. The van der Waals surface area contributed by atoms with Gasteiger partial charge >= 0.3 is 0 Å². The largest absolute Gasteiger partial charge is 0.486 e. The normalized spacial score (nSPS) is 10.6. The predicted molar refractivity (Wildman–Crippen MR) is 91.5 cm³/mol. The SMILES string of the molecule is Cc1ccnc(CC(=O)c2ccc(COc3ccc(Cl)cc3)o2)c1. The van der Waals surface area contributed by atoms with E-state index in [0.717, 1.165) is 11.3 Å². The molecule has 0 N–H and O–H groups in total. The number of ketones is 1. The summed E-state index contributed by atoms with van der Waals surface area (Å²) < 4.78 is 11.2. The highest BCUT2D eigenvalue weighted by atomic mass is 35.5. The van der Waals surface area contributed by atoms with Gasteiger partial charge < -0.3 is 9.15 Å². The highest BCUT2D eigenvalue weighted by Crippen LogP contribution is 2.18. The van der Waals surface area contributed by atoms with E-state index in [1.165, 1.54) is 0 Å². The lowest BCUT2D eigenvalue weighted by Crippen LogP contribution is -2.04. The van der Waals surface area contributed by atoms with Crippen LogP contribution in [0.3, 0.4) is 0 Å². The van der Waals surface area contributed by atoms with Crippen LogP contribution < -0.4 is 4.74 Å². The van der Waals surface area contributed by atoms with Crippen molar-refractivity contribution >= 4 is 17.4 Å². The van der Waals surface area contributed by atoms with E-state index in [4.69, 9.17) is 20.8 Å². The number of hydrogen-bond donors (Lipinski definition) is 0.